The number of carboxylic acid groups (broad SMARTS) is 1. The van der Waals surface area contributed by atoms with Crippen LogP contribution in [0.5, 0.6) is 0 Å². The number of hydrogen-bond acceptors (Lipinski definition) is 2. The average Bonchev–Trinajstić information content (AvgIpc) is 2.34. The number of carbonyl (C=O) groups is 1. The van der Waals surface area contributed by atoms with Gasteiger partial charge in [0.2, 0.25) is 0 Å². The SMILES string of the molecule is Cc1ccc(NC2CCCC(C(=O)O)C2)cc1Cl. The Bertz CT molecular complexity index is 447. The highest BCUT2D eigenvalue weighted by molar-refractivity contribution is 6.31. The molecule has 1 aliphatic carbocycles. The monoisotopic (exact) mass is 267 g/mol. The van der Waals surface area contributed by atoms with E-state index in [1.807, 2.05) is 25.1 Å². The highest BCUT2D eigenvalue weighted by Gasteiger charge is 2.26. The summed E-state index contributed by atoms with van der Waals surface area (Å²) in [5.74, 6) is -0.888. The van der Waals surface area contributed by atoms with Crippen LogP contribution in [0.3, 0.4) is 0 Å². The second kappa shape index (κ2) is 5.61. The van der Waals surface area contributed by atoms with Crippen LogP contribution in [0.15, 0.2) is 18.2 Å². The number of carboxylic acids is 1. The van der Waals surface area contributed by atoms with Crippen molar-refractivity contribution in [1.29, 1.82) is 0 Å². The summed E-state index contributed by atoms with van der Waals surface area (Å²) in [6.45, 7) is 1.97. The van der Waals surface area contributed by atoms with Crippen LogP contribution < -0.4 is 5.32 Å². The summed E-state index contributed by atoms with van der Waals surface area (Å²) < 4.78 is 0. The Morgan fingerprint density at radius 2 is 2.22 bits per heavy atom. The van der Waals surface area contributed by atoms with Gasteiger partial charge in [0.05, 0.1) is 5.92 Å². The predicted octanol–water partition coefficient (Wildman–Crippen LogP) is 3.70. The molecule has 0 saturated heterocycles. The largest absolute Gasteiger partial charge is 0.481 e. The predicted molar refractivity (Wildman–Crippen MR) is 73.2 cm³/mol. The van der Waals surface area contributed by atoms with Gasteiger partial charge >= 0.3 is 5.97 Å². The lowest BCUT2D eigenvalue weighted by atomic mass is 9.85. The van der Waals surface area contributed by atoms with Gasteiger partial charge in [-0.3, -0.25) is 4.79 Å². The zero-order valence-electron chi connectivity index (χ0n) is 10.4. The van der Waals surface area contributed by atoms with Crippen LogP contribution in [0.2, 0.25) is 5.02 Å². The van der Waals surface area contributed by atoms with Gasteiger partial charge in [0.1, 0.15) is 0 Å². The van der Waals surface area contributed by atoms with E-state index in [-0.39, 0.29) is 12.0 Å². The minimum absolute atomic E-state index is 0.211. The first kappa shape index (κ1) is 13.2. The van der Waals surface area contributed by atoms with Gasteiger partial charge in [-0.15, -0.1) is 0 Å². The Kier molecular flexibility index (Phi) is 4.12. The van der Waals surface area contributed by atoms with E-state index in [1.54, 1.807) is 0 Å². The van der Waals surface area contributed by atoms with Crippen LogP contribution in [-0.4, -0.2) is 17.1 Å². The number of aryl methyl sites for hydroxylation is 1. The van der Waals surface area contributed by atoms with Crippen molar-refractivity contribution in [2.75, 3.05) is 5.32 Å². The fourth-order valence-electron chi connectivity index (χ4n) is 2.46. The van der Waals surface area contributed by atoms with Crippen LogP contribution in [0.25, 0.3) is 0 Å². The first-order chi connectivity index (χ1) is 8.56. The Hall–Kier alpha value is -1.22. The zero-order valence-corrected chi connectivity index (χ0v) is 11.2. The second-order valence-electron chi connectivity index (χ2n) is 5.01. The summed E-state index contributed by atoms with van der Waals surface area (Å²) in [7, 11) is 0. The molecular formula is C14H18ClNO2. The van der Waals surface area contributed by atoms with Crippen LogP contribution in [0.1, 0.15) is 31.2 Å². The number of halogens is 1. The summed E-state index contributed by atoms with van der Waals surface area (Å²) in [5.41, 5.74) is 2.02. The molecule has 3 nitrogen and oxygen atoms in total. The van der Waals surface area contributed by atoms with Gasteiger partial charge in [0, 0.05) is 16.8 Å². The molecule has 2 unspecified atom stereocenters. The van der Waals surface area contributed by atoms with Gasteiger partial charge in [-0.2, -0.15) is 0 Å². The summed E-state index contributed by atoms with van der Waals surface area (Å²) in [6, 6.07) is 6.10. The van der Waals surface area contributed by atoms with Gasteiger partial charge in [0.15, 0.2) is 0 Å². The van der Waals surface area contributed by atoms with Crippen molar-refractivity contribution in [2.45, 2.75) is 38.6 Å². The van der Waals surface area contributed by atoms with E-state index in [2.05, 4.69) is 5.32 Å². The molecule has 4 heteroatoms. The average molecular weight is 268 g/mol. The normalized spacial score (nSPS) is 23.7. The zero-order chi connectivity index (χ0) is 13.1. The molecule has 2 N–H and O–H groups in total. The molecule has 1 aromatic carbocycles. The first-order valence-electron chi connectivity index (χ1n) is 6.32. The molecule has 1 aromatic rings. The Morgan fingerprint density at radius 1 is 1.44 bits per heavy atom. The maximum atomic E-state index is 11.0. The highest BCUT2D eigenvalue weighted by Crippen LogP contribution is 2.28. The lowest BCUT2D eigenvalue weighted by molar-refractivity contribution is -0.142. The fraction of sp³-hybridized carbons (Fsp3) is 0.500. The van der Waals surface area contributed by atoms with Crippen molar-refractivity contribution in [2.24, 2.45) is 5.92 Å². The number of aliphatic carboxylic acids is 1. The lowest BCUT2D eigenvalue weighted by Crippen LogP contribution is -2.30. The minimum Gasteiger partial charge on any atom is -0.481 e. The van der Waals surface area contributed by atoms with Crippen molar-refractivity contribution >= 4 is 23.3 Å². The van der Waals surface area contributed by atoms with Crippen molar-refractivity contribution in [3.8, 4) is 0 Å². The fourth-order valence-corrected chi connectivity index (χ4v) is 2.64. The summed E-state index contributed by atoms with van der Waals surface area (Å²) in [4.78, 5) is 11.0. The van der Waals surface area contributed by atoms with Crippen LogP contribution >= 0.6 is 11.6 Å². The van der Waals surface area contributed by atoms with Gasteiger partial charge in [-0.1, -0.05) is 24.1 Å². The molecule has 0 bridgehead atoms. The van der Waals surface area contributed by atoms with Crippen LogP contribution in [0, 0.1) is 12.8 Å². The number of rotatable bonds is 3. The Labute approximate surface area is 112 Å². The lowest BCUT2D eigenvalue weighted by Gasteiger charge is -2.28. The molecule has 2 atom stereocenters. The summed E-state index contributed by atoms with van der Waals surface area (Å²) in [5, 5.41) is 13.2. The summed E-state index contributed by atoms with van der Waals surface area (Å²) >= 11 is 6.08. The molecular weight excluding hydrogens is 250 g/mol. The molecule has 0 spiro atoms. The van der Waals surface area contributed by atoms with E-state index in [1.165, 1.54) is 0 Å². The second-order valence-corrected chi connectivity index (χ2v) is 5.41. The number of nitrogens with one attached hydrogen (secondary N) is 1. The summed E-state index contributed by atoms with van der Waals surface area (Å²) in [6.07, 6.45) is 3.48. The van der Waals surface area contributed by atoms with E-state index in [0.717, 1.165) is 35.5 Å². The molecule has 0 aliphatic heterocycles. The molecule has 0 heterocycles. The molecule has 0 radical (unpaired) electrons. The van der Waals surface area contributed by atoms with Gasteiger partial charge < -0.3 is 10.4 Å². The third-order valence-corrected chi connectivity index (χ3v) is 3.97. The molecule has 0 aromatic heterocycles. The number of anilines is 1. The van der Waals surface area contributed by atoms with E-state index >= 15 is 0 Å². The third-order valence-electron chi connectivity index (χ3n) is 3.57. The van der Waals surface area contributed by atoms with Crippen molar-refractivity contribution in [3.05, 3.63) is 28.8 Å². The van der Waals surface area contributed by atoms with E-state index in [9.17, 15) is 4.79 Å². The number of hydrogen-bond donors (Lipinski definition) is 2. The Balaban J connectivity index is 2.00. The van der Waals surface area contributed by atoms with Crippen LogP contribution in [-0.2, 0) is 4.79 Å². The van der Waals surface area contributed by atoms with Crippen molar-refractivity contribution < 1.29 is 9.90 Å². The number of benzene rings is 1. The molecule has 1 saturated carbocycles. The molecule has 1 fully saturated rings. The van der Waals surface area contributed by atoms with Crippen LogP contribution in [0.4, 0.5) is 5.69 Å². The van der Waals surface area contributed by atoms with E-state index in [4.69, 9.17) is 16.7 Å². The quantitative estimate of drug-likeness (QED) is 0.878. The van der Waals surface area contributed by atoms with Gasteiger partial charge in [0.25, 0.3) is 0 Å². The molecule has 2 rings (SSSR count). The smallest absolute Gasteiger partial charge is 0.306 e. The Morgan fingerprint density at radius 3 is 2.89 bits per heavy atom. The molecule has 18 heavy (non-hydrogen) atoms. The van der Waals surface area contributed by atoms with Crippen molar-refractivity contribution in [1.82, 2.24) is 0 Å². The standard InChI is InChI=1S/C14H18ClNO2/c1-9-5-6-12(8-13(9)15)16-11-4-2-3-10(7-11)14(17)18/h5-6,8,10-11,16H,2-4,7H2,1H3,(H,17,18). The topological polar surface area (TPSA) is 49.3 Å². The minimum atomic E-state index is -0.677. The van der Waals surface area contributed by atoms with E-state index < -0.39 is 5.97 Å². The third kappa shape index (κ3) is 3.16. The van der Waals surface area contributed by atoms with Gasteiger partial charge in [-0.05, 0) is 43.9 Å². The van der Waals surface area contributed by atoms with E-state index in [0.29, 0.717) is 6.42 Å². The van der Waals surface area contributed by atoms with Gasteiger partial charge in [-0.25, -0.2) is 0 Å². The maximum Gasteiger partial charge on any atom is 0.306 e. The maximum absolute atomic E-state index is 11.0. The molecule has 98 valence electrons. The highest BCUT2D eigenvalue weighted by atomic mass is 35.5. The molecule has 1 aliphatic rings. The molecule has 0 amide bonds. The van der Waals surface area contributed by atoms with Crippen molar-refractivity contribution in [3.63, 3.8) is 0 Å². The first-order valence-corrected chi connectivity index (χ1v) is 6.69.